The van der Waals surface area contributed by atoms with Crippen LogP contribution in [-0.2, 0) is 9.59 Å². The zero-order valence-electron chi connectivity index (χ0n) is 22.4. The predicted octanol–water partition coefficient (Wildman–Crippen LogP) is 3.44. The topological polar surface area (TPSA) is 151 Å². The van der Waals surface area contributed by atoms with Gasteiger partial charge in [-0.2, -0.15) is 19.3 Å². The summed E-state index contributed by atoms with van der Waals surface area (Å²) in [6, 6.07) is 17.3. The number of fused-ring (bicyclic) bond motifs is 1. The quantitative estimate of drug-likeness (QED) is 0.356. The molecule has 0 saturated carbocycles. The molecule has 2 aliphatic rings. The molecule has 2 aliphatic heterocycles. The van der Waals surface area contributed by atoms with E-state index in [0.717, 1.165) is 5.56 Å². The smallest absolute Gasteiger partial charge is 0.387 e. The van der Waals surface area contributed by atoms with Crippen molar-refractivity contribution in [3.63, 3.8) is 0 Å². The number of amides is 3. The number of nitrogens with zero attached hydrogens (tertiary/aromatic N) is 3. The zero-order chi connectivity index (χ0) is 29.8. The average Bonchev–Trinajstić information content (AvgIpc) is 3.72. The van der Waals surface area contributed by atoms with Crippen LogP contribution in [0.25, 0.3) is 10.9 Å². The van der Waals surface area contributed by atoms with Crippen molar-refractivity contribution in [2.45, 2.75) is 43.9 Å². The highest BCUT2D eigenvalue weighted by atomic mass is 19.3. The van der Waals surface area contributed by atoms with Crippen LogP contribution in [0.3, 0.4) is 0 Å². The van der Waals surface area contributed by atoms with Gasteiger partial charge in [-0.05, 0) is 43.0 Å². The lowest BCUT2D eigenvalue weighted by atomic mass is 9.90. The monoisotopic (exact) mass is 574 g/mol. The first kappa shape index (κ1) is 28.6. The average molecular weight is 575 g/mol. The van der Waals surface area contributed by atoms with E-state index in [9.17, 15) is 33.7 Å². The molecule has 2 aromatic carbocycles. The van der Waals surface area contributed by atoms with E-state index in [1.165, 1.54) is 23.1 Å². The molecule has 3 amide bonds. The minimum atomic E-state index is -3.04. The SMILES string of the molecule is N#CC(C#N)[C@H](C[C@@H]1CCNC1=O)NC(=O)[C@@H]1C[C@@H](c2ccccc2)CN1C(=O)c1cc2c(OC(F)F)cccc2[nH]1. The lowest BCUT2D eigenvalue weighted by molar-refractivity contribution is -0.127. The summed E-state index contributed by atoms with van der Waals surface area (Å²) in [4.78, 5) is 44.2. The van der Waals surface area contributed by atoms with E-state index in [1.54, 1.807) is 6.07 Å². The molecule has 0 radical (unpaired) electrons. The number of rotatable bonds is 9. The van der Waals surface area contributed by atoms with Crippen molar-refractivity contribution >= 4 is 28.6 Å². The highest BCUT2D eigenvalue weighted by Crippen LogP contribution is 2.35. The Bertz CT molecular complexity index is 1550. The van der Waals surface area contributed by atoms with Gasteiger partial charge in [0.15, 0.2) is 5.92 Å². The van der Waals surface area contributed by atoms with Crippen molar-refractivity contribution in [1.29, 1.82) is 10.5 Å². The number of nitriles is 2. The molecule has 4 atom stereocenters. The first-order valence-electron chi connectivity index (χ1n) is 13.6. The minimum Gasteiger partial charge on any atom is -0.434 e. The highest BCUT2D eigenvalue weighted by molar-refractivity contribution is 6.02. The van der Waals surface area contributed by atoms with Crippen molar-refractivity contribution in [3.05, 3.63) is 65.9 Å². The molecule has 216 valence electrons. The molecule has 5 rings (SSSR count). The molecular formula is C30H28F2N6O4. The van der Waals surface area contributed by atoms with E-state index in [4.69, 9.17) is 0 Å². The van der Waals surface area contributed by atoms with E-state index in [-0.39, 0.29) is 42.7 Å². The van der Waals surface area contributed by atoms with Crippen molar-refractivity contribution in [2.24, 2.45) is 11.8 Å². The van der Waals surface area contributed by atoms with Crippen LogP contribution in [0.2, 0.25) is 0 Å². The Kier molecular flexibility index (Phi) is 8.34. The van der Waals surface area contributed by atoms with E-state index in [1.807, 2.05) is 42.5 Å². The lowest BCUT2D eigenvalue weighted by Gasteiger charge is -2.27. The van der Waals surface area contributed by atoms with Gasteiger partial charge in [-0.1, -0.05) is 36.4 Å². The van der Waals surface area contributed by atoms with Crippen LogP contribution in [0.4, 0.5) is 8.78 Å². The van der Waals surface area contributed by atoms with E-state index in [0.29, 0.717) is 23.9 Å². The van der Waals surface area contributed by atoms with Gasteiger partial charge in [-0.15, -0.1) is 0 Å². The lowest BCUT2D eigenvalue weighted by Crippen LogP contribution is -2.51. The highest BCUT2D eigenvalue weighted by Gasteiger charge is 2.42. The number of hydrogen-bond acceptors (Lipinski definition) is 6. The van der Waals surface area contributed by atoms with E-state index in [2.05, 4.69) is 20.4 Å². The Morgan fingerprint density at radius 2 is 1.88 bits per heavy atom. The molecule has 0 spiro atoms. The summed E-state index contributed by atoms with van der Waals surface area (Å²) in [6.07, 6.45) is 0.916. The third-order valence-electron chi connectivity index (χ3n) is 7.92. The number of nitrogens with one attached hydrogen (secondary N) is 3. The minimum absolute atomic E-state index is 0.0893. The Morgan fingerprint density at radius 1 is 1.12 bits per heavy atom. The molecule has 3 aromatic rings. The maximum atomic E-state index is 13.9. The van der Waals surface area contributed by atoms with Crippen LogP contribution >= 0.6 is 0 Å². The fourth-order valence-corrected chi connectivity index (χ4v) is 5.81. The Hall–Kier alpha value is -4.97. The van der Waals surface area contributed by atoms with Crippen LogP contribution < -0.4 is 15.4 Å². The van der Waals surface area contributed by atoms with Gasteiger partial charge in [0, 0.05) is 35.8 Å². The number of aromatic amines is 1. The zero-order valence-corrected chi connectivity index (χ0v) is 22.4. The molecule has 0 unspecified atom stereocenters. The van der Waals surface area contributed by atoms with E-state index >= 15 is 0 Å². The number of halogens is 2. The molecule has 2 saturated heterocycles. The van der Waals surface area contributed by atoms with Crippen LogP contribution in [0, 0.1) is 34.5 Å². The number of hydrogen-bond donors (Lipinski definition) is 3. The Labute approximate surface area is 240 Å². The first-order valence-corrected chi connectivity index (χ1v) is 13.6. The number of benzene rings is 2. The number of ether oxygens (including phenoxy) is 1. The van der Waals surface area contributed by atoms with Gasteiger partial charge in [-0.3, -0.25) is 14.4 Å². The number of carbonyl (C=O) groups is 3. The van der Waals surface area contributed by atoms with Crippen LogP contribution in [0.1, 0.15) is 41.2 Å². The van der Waals surface area contributed by atoms with Gasteiger partial charge in [0.25, 0.3) is 5.91 Å². The molecule has 12 heteroatoms. The first-order chi connectivity index (χ1) is 20.3. The van der Waals surface area contributed by atoms with Gasteiger partial charge in [0.2, 0.25) is 11.8 Å². The Morgan fingerprint density at radius 3 is 2.55 bits per heavy atom. The van der Waals surface area contributed by atoms with Gasteiger partial charge in [0.1, 0.15) is 17.5 Å². The van der Waals surface area contributed by atoms with E-state index < -0.39 is 42.3 Å². The van der Waals surface area contributed by atoms with Crippen LogP contribution in [-0.4, -0.2) is 59.4 Å². The standard InChI is InChI=1S/C30H28F2N6O4/c31-30(32)42-26-8-4-7-22-21(26)13-24(36-22)29(41)38-16-19(17-5-2-1-3-6-17)12-25(38)28(40)37-23(20(14-33)15-34)11-18-9-10-35-27(18)39/h1-8,13,18-20,23,25,30,36H,9-12,16H2,(H,35,39)(H,37,40)/t18-,19+,23-,25-/m0/s1. The van der Waals surface area contributed by atoms with Gasteiger partial charge in [-0.25, -0.2) is 0 Å². The number of carbonyl (C=O) groups excluding carboxylic acids is 3. The molecular weight excluding hydrogens is 546 g/mol. The number of likely N-dealkylation sites (tertiary alicyclic amines) is 1. The predicted molar refractivity (Wildman–Crippen MR) is 146 cm³/mol. The molecule has 0 aliphatic carbocycles. The fraction of sp³-hybridized carbons (Fsp3) is 0.367. The van der Waals surface area contributed by atoms with Crippen molar-refractivity contribution in [2.75, 3.05) is 13.1 Å². The number of H-pyrrole nitrogens is 1. The molecule has 42 heavy (non-hydrogen) atoms. The van der Waals surface area contributed by atoms with Gasteiger partial charge >= 0.3 is 6.61 Å². The van der Waals surface area contributed by atoms with Crippen LogP contribution in [0.15, 0.2) is 54.6 Å². The third kappa shape index (κ3) is 5.88. The molecule has 1 aromatic heterocycles. The number of aromatic nitrogens is 1. The summed E-state index contributed by atoms with van der Waals surface area (Å²) in [5.41, 5.74) is 1.44. The molecule has 10 nitrogen and oxygen atoms in total. The van der Waals surface area contributed by atoms with Crippen LogP contribution in [0.5, 0.6) is 5.75 Å². The summed E-state index contributed by atoms with van der Waals surface area (Å²) < 4.78 is 30.5. The molecule has 3 N–H and O–H groups in total. The summed E-state index contributed by atoms with van der Waals surface area (Å²) in [5.74, 6) is -3.17. The number of alkyl halides is 2. The second-order valence-corrected chi connectivity index (χ2v) is 10.5. The Balaban J connectivity index is 1.44. The molecule has 3 heterocycles. The maximum Gasteiger partial charge on any atom is 0.387 e. The largest absolute Gasteiger partial charge is 0.434 e. The molecule has 2 fully saturated rings. The van der Waals surface area contributed by atoms with Crippen molar-refractivity contribution < 1.29 is 27.9 Å². The van der Waals surface area contributed by atoms with Gasteiger partial charge in [0.05, 0.1) is 18.2 Å². The summed E-state index contributed by atoms with van der Waals surface area (Å²) in [5, 5.41) is 25.0. The normalized spacial score (nSPS) is 20.8. The van der Waals surface area contributed by atoms with Gasteiger partial charge < -0.3 is 25.3 Å². The van der Waals surface area contributed by atoms with Crippen molar-refractivity contribution in [1.82, 2.24) is 20.5 Å². The summed E-state index contributed by atoms with van der Waals surface area (Å²) in [6.45, 7) is -2.37. The second-order valence-electron chi connectivity index (χ2n) is 10.5. The maximum absolute atomic E-state index is 13.9. The van der Waals surface area contributed by atoms with Crippen molar-refractivity contribution in [3.8, 4) is 17.9 Å². The summed E-state index contributed by atoms with van der Waals surface area (Å²) >= 11 is 0. The second kappa shape index (κ2) is 12.3. The summed E-state index contributed by atoms with van der Waals surface area (Å²) in [7, 11) is 0. The molecule has 0 bridgehead atoms. The fourth-order valence-electron chi connectivity index (χ4n) is 5.81. The third-order valence-corrected chi connectivity index (χ3v) is 7.92.